The van der Waals surface area contributed by atoms with E-state index < -0.39 is 0 Å². The molecule has 0 aliphatic heterocycles. The summed E-state index contributed by atoms with van der Waals surface area (Å²) in [6.45, 7) is 5.16. The Hall–Kier alpha value is -3.71. The quantitative estimate of drug-likeness (QED) is 0.372. The molecule has 0 aliphatic carbocycles. The van der Waals surface area contributed by atoms with Gasteiger partial charge in [-0.3, -0.25) is 14.9 Å². The van der Waals surface area contributed by atoms with E-state index in [2.05, 4.69) is 29.8 Å². The van der Waals surface area contributed by atoms with Crippen LogP contribution >= 0.6 is 12.2 Å². The van der Waals surface area contributed by atoms with Crippen molar-refractivity contribution in [3.05, 3.63) is 95.6 Å². The van der Waals surface area contributed by atoms with E-state index in [1.54, 1.807) is 42.5 Å². The van der Waals surface area contributed by atoms with Crippen LogP contribution in [0.5, 0.6) is 5.75 Å². The molecule has 3 rings (SSSR count). The molecule has 0 spiro atoms. The first-order chi connectivity index (χ1) is 16.4. The van der Waals surface area contributed by atoms with Crippen molar-refractivity contribution in [2.45, 2.75) is 26.8 Å². The third-order valence-electron chi connectivity index (χ3n) is 5.03. The maximum Gasteiger partial charge on any atom is 0.261 e. The van der Waals surface area contributed by atoms with Crippen LogP contribution in [0, 0.1) is 5.92 Å². The van der Waals surface area contributed by atoms with Crippen LogP contribution < -0.4 is 20.7 Å². The molecule has 2 amide bonds. The topological polar surface area (TPSA) is 79.5 Å². The zero-order valence-electron chi connectivity index (χ0n) is 19.3. The predicted octanol–water partition coefficient (Wildman–Crippen LogP) is 5.17. The van der Waals surface area contributed by atoms with Crippen molar-refractivity contribution in [3.8, 4) is 5.75 Å². The predicted molar refractivity (Wildman–Crippen MR) is 139 cm³/mol. The molecule has 0 unspecified atom stereocenters. The van der Waals surface area contributed by atoms with Gasteiger partial charge in [0.15, 0.2) is 5.11 Å². The second-order valence-electron chi connectivity index (χ2n) is 8.15. The number of hydrogen-bond donors (Lipinski definition) is 3. The van der Waals surface area contributed by atoms with Crippen molar-refractivity contribution in [1.29, 1.82) is 0 Å². The van der Waals surface area contributed by atoms with Gasteiger partial charge in [0.2, 0.25) is 0 Å². The van der Waals surface area contributed by atoms with Gasteiger partial charge >= 0.3 is 0 Å². The molecule has 0 fully saturated rings. The third kappa shape index (κ3) is 7.42. The molecular weight excluding hydrogens is 446 g/mol. The van der Waals surface area contributed by atoms with Gasteiger partial charge in [-0.1, -0.05) is 68.4 Å². The molecule has 34 heavy (non-hydrogen) atoms. The summed E-state index contributed by atoms with van der Waals surface area (Å²) < 4.78 is 5.81. The number of rotatable bonds is 9. The molecule has 3 aromatic carbocycles. The normalized spacial score (nSPS) is 10.4. The molecule has 0 aromatic heterocycles. The third-order valence-corrected chi connectivity index (χ3v) is 5.23. The Bertz CT molecular complexity index is 1130. The van der Waals surface area contributed by atoms with E-state index in [1.165, 1.54) is 0 Å². The van der Waals surface area contributed by atoms with Crippen LogP contribution in [-0.4, -0.2) is 23.5 Å². The van der Waals surface area contributed by atoms with Gasteiger partial charge in [-0.15, -0.1) is 0 Å². The summed E-state index contributed by atoms with van der Waals surface area (Å²) in [4.78, 5) is 25.6. The van der Waals surface area contributed by atoms with Crippen LogP contribution in [0.1, 0.15) is 46.5 Å². The van der Waals surface area contributed by atoms with E-state index in [1.807, 2.05) is 36.4 Å². The van der Waals surface area contributed by atoms with E-state index in [-0.39, 0.29) is 16.9 Å². The Morgan fingerprint density at radius 3 is 2.24 bits per heavy atom. The standard InChI is InChI=1S/C27H29N3O3S/c1-19(2)16-17-33-24-15-9-7-13-22(24)26(32)30-27(34)29-23-14-8-6-12-21(23)25(31)28-18-20-10-4-3-5-11-20/h3-15,19H,16-18H2,1-2H3,(H,28,31)(H2,29,30,32,34). The van der Waals surface area contributed by atoms with Gasteiger partial charge in [0.1, 0.15) is 5.75 Å². The Kier molecular flexibility index (Phi) is 9.17. The van der Waals surface area contributed by atoms with Crippen LogP contribution in [0.4, 0.5) is 5.69 Å². The minimum atomic E-state index is -0.386. The van der Waals surface area contributed by atoms with Crippen LogP contribution in [0.3, 0.4) is 0 Å². The Labute approximate surface area is 205 Å². The van der Waals surface area contributed by atoms with Crippen molar-refractivity contribution in [2.24, 2.45) is 5.92 Å². The monoisotopic (exact) mass is 475 g/mol. The van der Waals surface area contributed by atoms with Gasteiger partial charge in [-0.2, -0.15) is 0 Å². The number of ether oxygens (including phenoxy) is 1. The zero-order chi connectivity index (χ0) is 24.3. The van der Waals surface area contributed by atoms with Crippen LogP contribution in [0.15, 0.2) is 78.9 Å². The van der Waals surface area contributed by atoms with Gasteiger partial charge in [-0.25, -0.2) is 0 Å². The highest BCUT2D eigenvalue weighted by Gasteiger charge is 2.16. The smallest absolute Gasteiger partial charge is 0.261 e. The Balaban J connectivity index is 1.62. The maximum absolute atomic E-state index is 12.8. The fourth-order valence-electron chi connectivity index (χ4n) is 3.17. The number of para-hydroxylation sites is 2. The molecule has 3 aromatic rings. The molecule has 7 heteroatoms. The van der Waals surface area contributed by atoms with Crippen LogP contribution in [0.2, 0.25) is 0 Å². The Morgan fingerprint density at radius 2 is 1.50 bits per heavy atom. The lowest BCUT2D eigenvalue weighted by Gasteiger charge is -2.15. The van der Waals surface area contributed by atoms with Gasteiger partial charge < -0.3 is 15.4 Å². The fourth-order valence-corrected chi connectivity index (χ4v) is 3.37. The maximum atomic E-state index is 12.8. The first-order valence-electron chi connectivity index (χ1n) is 11.2. The van der Waals surface area contributed by atoms with E-state index in [0.717, 1.165) is 12.0 Å². The summed E-state index contributed by atoms with van der Waals surface area (Å²) in [5, 5.41) is 8.64. The minimum Gasteiger partial charge on any atom is -0.493 e. The van der Waals surface area contributed by atoms with Crippen LogP contribution in [-0.2, 0) is 6.54 Å². The van der Waals surface area contributed by atoms with Gasteiger partial charge in [0.05, 0.1) is 23.4 Å². The average molecular weight is 476 g/mol. The number of hydrogen-bond acceptors (Lipinski definition) is 4. The first kappa shape index (κ1) is 24.9. The highest BCUT2D eigenvalue weighted by Crippen LogP contribution is 2.19. The molecule has 0 heterocycles. The second-order valence-corrected chi connectivity index (χ2v) is 8.56. The number of amides is 2. The molecule has 0 atom stereocenters. The largest absolute Gasteiger partial charge is 0.493 e. The van der Waals surface area contributed by atoms with Gasteiger partial charge in [0, 0.05) is 6.54 Å². The molecule has 0 radical (unpaired) electrons. The van der Waals surface area contributed by atoms with E-state index in [0.29, 0.717) is 41.6 Å². The van der Waals surface area contributed by atoms with Crippen molar-refractivity contribution >= 4 is 34.8 Å². The lowest BCUT2D eigenvalue weighted by Crippen LogP contribution is -2.35. The molecule has 0 saturated heterocycles. The van der Waals surface area contributed by atoms with E-state index >= 15 is 0 Å². The molecule has 6 nitrogen and oxygen atoms in total. The van der Waals surface area contributed by atoms with E-state index in [4.69, 9.17) is 17.0 Å². The Morgan fingerprint density at radius 1 is 0.853 bits per heavy atom. The highest BCUT2D eigenvalue weighted by atomic mass is 32.1. The van der Waals surface area contributed by atoms with Gasteiger partial charge in [-0.05, 0) is 54.4 Å². The lowest BCUT2D eigenvalue weighted by molar-refractivity contribution is 0.0949. The molecule has 0 aliphatic rings. The summed E-state index contributed by atoms with van der Waals surface area (Å²) in [5.74, 6) is 0.375. The van der Waals surface area contributed by atoms with Crippen molar-refractivity contribution < 1.29 is 14.3 Å². The van der Waals surface area contributed by atoms with Crippen molar-refractivity contribution in [1.82, 2.24) is 10.6 Å². The average Bonchev–Trinajstić information content (AvgIpc) is 2.83. The zero-order valence-corrected chi connectivity index (χ0v) is 20.2. The number of nitrogens with one attached hydrogen (secondary N) is 3. The molecule has 176 valence electrons. The SMILES string of the molecule is CC(C)CCOc1ccccc1C(=O)NC(=S)Nc1ccccc1C(=O)NCc1ccccc1. The minimum absolute atomic E-state index is 0.0882. The summed E-state index contributed by atoms with van der Waals surface area (Å²) in [6, 6.07) is 23.7. The van der Waals surface area contributed by atoms with Crippen molar-refractivity contribution in [2.75, 3.05) is 11.9 Å². The molecule has 3 N–H and O–H groups in total. The molecule has 0 bridgehead atoms. The molecular formula is C27H29N3O3S. The number of anilines is 1. The highest BCUT2D eigenvalue weighted by molar-refractivity contribution is 7.80. The van der Waals surface area contributed by atoms with E-state index in [9.17, 15) is 9.59 Å². The second kappa shape index (κ2) is 12.5. The molecule has 0 saturated carbocycles. The first-order valence-corrected chi connectivity index (χ1v) is 11.6. The van der Waals surface area contributed by atoms with Gasteiger partial charge in [0.25, 0.3) is 11.8 Å². The van der Waals surface area contributed by atoms with Crippen molar-refractivity contribution in [3.63, 3.8) is 0 Å². The fraction of sp³-hybridized carbons (Fsp3) is 0.222. The number of carbonyl (C=O) groups is 2. The summed E-state index contributed by atoms with van der Waals surface area (Å²) in [7, 11) is 0. The number of thiocarbonyl (C=S) groups is 1. The number of carbonyl (C=O) groups excluding carboxylic acids is 2. The summed E-state index contributed by atoms with van der Waals surface area (Å²) in [5.41, 5.74) is 2.31. The van der Waals surface area contributed by atoms with Crippen LogP contribution in [0.25, 0.3) is 0 Å². The summed E-state index contributed by atoms with van der Waals surface area (Å²) >= 11 is 5.35. The lowest BCUT2D eigenvalue weighted by atomic mass is 10.1. The summed E-state index contributed by atoms with van der Waals surface area (Å²) in [6.07, 6.45) is 0.888. The number of benzene rings is 3.